The molecular formula is C6H8N4O. The highest BCUT2D eigenvalue weighted by atomic mass is 16.2. The van der Waals surface area contributed by atoms with Gasteiger partial charge in [0.2, 0.25) is 11.9 Å². The minimum absolute atomic E-state index is 0.127. The number of aromatic amines is 1. The van der Waals surface area contributed by atoms with Gasteiger partial charge in [-0.25, -0.2) is 5.10 Å². The maximum atomic E-state index is 11.1. The molecule has 1 saturated heterocycles. The van der Waals surface area contributed by atoms with E-state index in [-0.39, 0.29) is 5.91 Å². The average molecular weight is 152 g/mol. The molecule has 1 amide bonds. The van der Waals surface area contributed by atoms with Gasteiger partial charge in [-0.05, 0) is 6.42 Å². The van der Waals surface area contributed by atoms with Crippen LogP contribution in [0.4, 0.5) is 5.95 Å². The van der Waals surface area contributed by atoms with Gasteiger partial charge in [-0.15, -0.1) is 0 Å². The topological polar surface area (TPSA) is 61.9 Å². The second-order valence-corrected chi connectivity index (χ2v) is 2.46. The number of anilines is 1. The Hall–Kier alpha value is -1.39. The number of carbonyl (C=O) groups excluding carboxylic acids is 1. The summed E-state index contributed by atoms with van der Waals surface area (Å²) < 4.78 is 0. The summed E-state index contributed by atoms with van der Waals surface area (Å²) in [5.41, 5.74) is 0. The van der Waals surface area contributed by atoms with Crippen LogP contribution in [0.2, 0.25) is 0 Å². The van der Waals surface area contributed by atoms with Crippen LogP contribution in [0.3, 0.4) is 0 Å². The summed E-state index contributed by atoms with van der Waals surface area (Å²) in [6, 6.07) is 0. The summed E-state index contributed by atoms with van der Waals surface area (Å²) in [4.78, 5) is 16.6. The van der Waals surface area contributed by atoms with Crippen molar-refractivity contribution in [2.24, 2.45) is 0 Å². The van der Waals surface area contributed by atoms with Crippen molar-refractivity contribution in [3.05, 3.63) is 6.33 Å². The molecule has 1 aliphatic heterocycles. The third kappa shape index (κ3) is 0.978. The van der Waals surface area contributed by atoms with Crippen molar-refractivity contribution in [3.8, 4) is 0 Å². The van der Waals surface area contributed by atoms with Gasteiger partial charge in [-0.3, -0.25) is 9.69 Å². The monoisotopic (exact) mass is 152 g/mol. The van der Waals surface area contributed by atoms with Crippen LogP contribution in [0.1, 0.15) is 12.8 Å². The van der Waals surface area contributed by atoms with Crippen LogP contribution in [0.15, 0.2) is 6.33 Å². The lowest BCUT2D eigenvalue weighted by molar-refractivity contribution is -0.117. The molecule has 1 fully saturated rings. The Bertz CT molecular complexity index is 256. The van der Waals surface area contributed by atoms with E-state index in [1.54, 1.807) is 4.90 Å². The number of H-pyrrole nitrogens is 1. The molecule has 58 valence electrons. The predicted molar refractivity (Wildman–Crippen MR) is 38.0 cm³/mol. The van der Waals surface area contributed by atoms with E-state index in [0.29, 0.717) is 12.4 Å². The lowest BCUT2D eigenvalue weighted by Gasteiger charge is -2.09. The molecule has 0 saturated carbocycles. The van der Waals surface area contributed by atoms with Crippen LogP contribution >= 0.6 is 0 Å². The zero-order valence-electron chi connectivity index (χ0n) is 5.95. The van der Waals surface area contributed by atoms with Crippen molar-refractivity contribution >= 4 is 11.9 Å². The molecule has 0 aromatic carbocycles. The Morgan fingerprint density at radius 1 is 1.64 bits per heavy atom. The molecule has 0 spiro atoms. The normalized spacial score (nSPS) is 17.8. The fourth-order valence-corrected chi connectivity index (χ4v) is 1.20. The zero-order chi connectivity index (χ0) is 7.68. The highest BCUT2D eigenvalue weighted by Crippen LogP contribution is 2.14. The Balaban J connectivity index is 2.23. The molecule has 0 atom stereocenters. The van der Waals surface area contributed by atoms with Gasteiger partial charge in [0.05, 0.1) is 0 Å². The van der Waals surface area contributed by atoms with Gasteiger partial charge < -0.3 is 0 Å². The van der Waals surface area contributed by atoms with Crippen LogP contribution in [-0.4, -0.2) is 27.6 Å². The third-order valence-corrected chi connectivity index (χ3v) is 1.73. The van der Waals surface area contributed by atoms with E-state index in [9.17, 15) is 4.79 Å². The summed E-state index contributed by atoms with van der Waals surface area (Å²) in [7, 11) is 0. The zero-order valence-corrected chi connectivity index (χ0v) is 5.95. The minimum Gasteiger partial charge on any atom is -0.281 e. The molecule has 0 bridgehead atoms. The van der Waals surface area contributed by atoms with Crippen molar-refractivity contribution in [1.82, 2.24) is 15.2 Å². The van der Waals surface area contributed by atoms with Crippen LogP contribution in [0.25, 0.3) is 0 Å². The molecule has 5 nitrogen and oxygen atoms in total. The number of hydrogen-bond donors (Lipinski definition) is 1. The van der Waals surface area contributed by atoms with Gasteiger partial charge in [-0.1, -0.05) is 0 Å². The third-order valence-electron chi connectivity index (χ3n) is 1.73. The van der Waals surface area contributed by atoms with E-state index < -0.39 is 0 Å². The van der Waals surface area contributed by atoms with E-state index in [2.05, 4.69) is 15.2 Å². The van der Waals surface area contributed by atoms with E-state index >= 15 is 0 Å². The number of hydrogen-bond acceptors (Lipinski definition) is 3. The van der Waals surface area contributed by atoms with Crippen molar-refractivity contribution in [2.75, 3.05) is 11.4 Å². The summed E-state index contributed by atoms with van der Waals surface area (Å²) >= 11 is 0. The molecule has 5 heteroatoms. The first kappa shape index (κ1) is 6.33. The molecule has 1 aliphatic rings. The lowest BCUT2D eigenvalue weighted by Crippen LogP contribution is -2.24. The molecule has 1 aromatic rings. The summed E-state index contributed by atoms with van der Waals surface area (Å²) in [5, 5.41) is 6.32. The maximum absolute atomic E-state index is 11.1. The van der Waals surface area contributed by atoms with Gasteiger partial charge >= 0.3 is 0 Å². The van der Waals surface area contributed by atoms with Gasteiger partial charge in [0.15, 0.2) is 0 Å². The number of aromatic nitrogens is 3. The fourth-order valence-electron chi connectivity index (χ4n) is 1.20. The average Bonchev–Trinajstić information content (AvgIpc) is 2.55. The van der Waals surface area contributed by atoms with Gasteiger partial charge in [0, 0.05) is 13.0 Å². The summed E-state index contributed by atoms with van der Waals surface area (Å²) in [6.07, 6.45) is 2.95. The molecule has 11 heavy (non-hydrogen) atoms. The molecule has 2 heterocycles. The quantitative estimate of drug-likeness (QED) is 0.612. The largest absolute Gasteiger partial charge is 0.281 e. The SMILES string of the molecule is O=C1CCCN1c1ncn[nH]1. The Morgan fingerprint density at radius 2 is 2.55 bits per heavy atom. The van der Waals surface area contributed by atoms with E-state index in [1.165, 1.54) is 6.33 Å². The van der Waals surface area contributed by atoms with Crippen LogP contribution < -0.4 is 4.90 Å². The van der Waals surface area contributed by atoms with Crippen molar-refractivity contribution in [3.63, 3.8) is 0 Å². The van der Waals surface area contributed by atoms with E-state index in [4.69, 9.17) is 0 Å². The number of amides is 1. The van der Waals surface area contributed by atoms with Crippen LogP contribution in [0.5, 0.6) is 0 Å². The Morgan fingerprint density at radius 3 is 3.09 bits per heavy atom. The van der Waals surface area contributed by atoms with Gasteiger partial charge in [-0.2, -0.15) is 10.1 Å². The first-order chi connectivity index (χ1) is 5.38. The van der Waals surface area contributed by atoms with Crippen molar-refractivity contribution in [1.29, 1.82) is 0 Å². The fraction of sp³-hybridized carbons (Fsp3) is 0.500. The maximum Gasteiger partial charge on any atom is 0.229 e. The second kappa shape index (κ2) is 2.34. The summed E-state index contributed by atoms with van der Waals surface area (Å²) in [6.45, 7) is 0.758. The molecule has 0 aliphatic carbocycles. The molecule has 2 rings (SSSR count). The number of nitrogens with one attached hydrogen (secondary N) is 1. The first-order valence-electron chi connectivity index (χ1n) is 3.53. The second-order valence-electron chi connectivity index (χ2n) is 2.46. The number of carbonyl (C=O) groups is 1. The highest BCUT2D eigenvalue weighted by molar-refractivity contribution is 5.93. The number of rotatable bonds is 1. The predicted octanol–water partition coefficient (Wildman–Crippen LogP) is -0.0685. The molecule has 0 unspecified atom stereocenters. The van der Waals surface area contributed by atoms with Gasteiger partial charge in [0.25, 0.3) is 0 Å². The van der Waals surface area contributed by atoms with E-state index in [1.807, 2.05) is 0 Å². The van der Waals surface area contributed by atoms with Crippen LogP contribution in [0, 0.1) is 0 Å². The highest BCUT2D eigenvalue weighted by Gasteiger charge is 2.23. The molecular weight excluding hydrogens is 144 g/mol. The number of nitrogens with zero attached hydrogens (tertiary/aromatic N) is 3. The molecule has 1 N–H and O–H groups in total. The van der Waals surface area contributed by atoms with Crippen molar-refractivity contribution in [2.45, 2.75) is 12.8 Å². The van der Waals surface area contributed by atoms with Crippen molar-refractivity contribution < 1.29 is 4.79 Å². The minimum atomic E-state index is 0.127. The first-order valence-corrected chi connectivity index (χ1v) is 3.53. The Labute approximate surface area is 63.4 Å². The van der Waals surface area contributed by atoms with Crippen LogP contribution in [-0.2, 0) is 4.79 Å². The molecule has 0 radical (unpaired) electrons. The Kier molecular flexibility index (Phi) is 1.34. The molecule has 1 aromatic heterocycles. The standard InChI is InChI=1S/C6H8N4O/c11-5-2-1-3-10(5)6-7-4-8-9-6/h4H,1-3H2,(H,7,8,9). The lowest BCUT2D eigenvalue weighted by atomic mass is 10.4. The van der Waals surface area contributed by atoms with Gasteiger partial charge in [0.1, 0.15) is 6.33 Å². The van der Waals surface area contributed by atoms with E-state index in [0.717, 1.165) is 13.0 Å². The smallest absolute Gasteiger partial charge is 0.229 e. The summed E-state index contributed by atoms with van der Waals surface area (Å²) in [5.74, 6) is 0.689.